The van der Waals surface area contributed by atoms with Gasteiger partial charge >= 0.3 is 0 Å². The maximum absolute atomic E-state index is 12.7. The number of rotatable bonds is 9. The van der Waals surface area contributed by atoms with E-state index in [-0.39, 0.29) is 23.7 Å². The molecule has 1 fully saturated rings. The van der Waals surface area contributed by atoms with Crippen molar-refractivity contribution >= 4 is 11.7 Å². The van der Waals surface area contributed by atoms with Crippen LogP contribution in [0.15, 0.2) is 43.0 Å². The van der Waals surface area contributed by atoms with Crippen molar-refractivity contribution in [2.45, 2.75) is 58.5 Å². The summed E-state index contributed by atoms with van der Waals surface area (Å²) in [6.07, 6.45) is 10.2. The summed E-state index contributed by atoms with van der Waals surface area (Å²) < 4.78 is 2.00. The van der Waals surface area contributed by atoms with Crippen LogP contribution in [-0.4, -0.2) is 32.7 Å². The van der Waals surface area contributed by atoms with E-state index in [1.807, 2.05) is 10.8 Å². The Morgan fingerprint density at radius 2 is 1.81 bits per heavy atom. The summed E-state index contributed by atoms with van der Waals surface area (Å²) >= 11 is 0. The summed E-state index contributed by atoms with van der Waals surface area (Å²) in [5.41, 5.74) is 2.26. The van der Waals surface area contributed by atoms with E-state index in [1.165, 1.54) is 5.56 Å². The lowest BCUT2D eigenvalue weighted by molar-refractivity contribution is -0.141. The van der Waals surface area contributed by atoms with E-state index >= 15 is 0 Å². The maximum Gasteiger partial charge on any atom is 0.290 e. The van der Waals surface area contributed by atoms with Gasteiger partial charge in [0.25, 0.3) is 5.91 Å². The van der Waals surface area contributed by atoms with Crippen LogP contribution in [0.2, 0.25) is 0 Å². The highest BCUT2D eigenvalue weighted by Gasteiger charge is 2.46. The number of carbonyl (C=O) groups is 2. The molecule has 1 aliphatic rings. The number of Topliss-reactive ketones (excluding diaryl/α,β-unsaturated/α-hetero) is 1. The third kappa shape index (κ3) is 4.46. The average molecular weight is 367 g/mol. The second-order valence-corrected chi connectivity index (χ2v) is 7.47. The van der Waals surface area contributed by atoms with E-state index in [4.69, 9.17) is 0 Å². The minimum Gasteiger partial charge on any atom is -0.337 e. The van der Waals surface area contributed by atoms with Crippen molar-refractivity contribution in [3.8, 4) is 0 Å². The first kappa shape index (κ1) is 19.3. The van der Waals surface area contributed by atoms with Crippen LogP contribution in [0.3, 0.4) is 0 Å². The quantitative estimate of drug-likeness (QED) is 0.498. The normalized spacial score (nSPS) is 19.9. The van der Waals surface area contributed by atoms with Crippen LogP contribution in [0.1, 0.15) is 56.2 Å². The van der Waals surface area contributed by atoms with Gasteiger partial charge in [-0.1, -0.05) is 56.0 Å². The lowest BCUT2D eigenvalue weighted by atomic mass is 9.88. The van der Waals surface area contributed by atoms with Crippen LogP contribution in [0.5, 0.6) is 0 Å². The minimum absolute atomic E-state index is 0.134. The number of carbonyl (C=O) groups excluding carboxylic acids is 2. The molecule has 1 saturated heterocycles. The molecule has 2 heterocycles. The fourth-order valence-electron chi connectivity index (χ4n) is 3.95. The second kappa shape index (κ2) is 8.98. The molecule has 0 aliphatic carbocycles. The number of amides is 1. The van der Waals surface area contributed by atoms with Crippen molar-refractivity contribution in [3.05, 3.63) is 54.1 Å². The lowest BCUT2D eigenvalue weighted by Gasteiger charge is -2.28. The van der Waals surface area contributed by atoms with E-state index in [1.54, 1.807) is 17.4 Å². The molecule has 0 radical (unpaired) electrons. The monoisotopic (exact) mass is 367 g/mol. The maximum atomic E-state index is 12.7. The van der Waals surface area contributed by atoms with Crippen LogP contribution < -0.4 is 0 Å². The van der Waals surface area contributed by atoms with E-state index < -0.39 is 0 Å². The van der Waals surface area contributed by atoms with Gasteiger partial charge in [0, 0.05) is 25.5 Å². The molecule has 1 aromatic carbocycles. The first-order valence-electron chi connectivity index (χ1n) is 9.99. The third-order valence-corrected chi connectivity index (χ3v) is 5.44. The molecule has 0 spiro atoms. The smallest absolute Gasteiger partial charge is 0.290 e. The summed E-state index contributed by atoms with van der Waals surface area (Å²) in [7, 11) is 0. The number of likely N-dealkylation sites (tertiary alicyclic amines) is 1. The number of aryl methyl sites for hydroxylation is 2. The van der Waals surface area contributed by atoms with Crippen molar-refractivity contribution in [2.24, 2.45) is 5.92 Å². The Morgan fingerprint density at radius 3 is 2.48 bits per heavy atom. The molecule has 2 aromatic rings. The third-order valence-electron chi connectivity index (χ3n) is 5.44. The topological polar surface area (TPSA) is 55.2 Å². The molecule has 144 valence electrons. The first-order valence-corrected chi connectivity index (χ1v) is 9.99. The van der Waals surface area contributed by atoms with Crippen molar-refractivity contribution in [2.75, 3.05) is 6.54 Å². The minimum atomic E-state index is -0.312. The SMILES string of the molecule is CCCCCC1C(=O)C(=O)N(CCCn2ccnc2)C1c1ccc(C)cc1. The van der Waals surface area contributed by atoms with Crippen molar-refractivity contribution in [3.63, 3.8) is 0 Å². The summed E-state index contributed by atoms with van der Waals surface area (Å²) in [6.45, 7) is 5.59. The molecular formula is C22H29N3O2. The fraction of sp³-hybridized carbons (Fsp3) is 0.500. The van der Waals surface area contributed by atoms with Gasteiger partial charge in [0.15, 0.2) is 0 Å². The Kier molecular flexibility index (Phi) is 6.43. The zero-order valence-corrected chi connectivity index (χ0v) is 16.3. The summed E-state index contributed by atoms with van der Waals surface area (Å²) in [4.78, 5) is 31.4. The van der Waals surface area contributed by atoms with Crippen LogP contribution in [0.4, 0.5) is 0 Å². The zero-order valence-electron chi connectivity index (χ0n) is 16.3. The molecule has 0 saturated carbocycles. The van der Waals surface area contributed by atoms with Gasteiger partial charge in [0.2, 0.25) is 5.78 Å². The molecule has 0 N–H and O–H groups in total. The van der Waals surface area contributed by atoms with Gasteiger partial charge in [0.1, 0.15) is 0 Å². The summed E-state index contributed by atoms with van der Waals surface area (Å²) in [5, 5.41) is 0. The molecule has 5 heteroatoms. The molecule has 2 unspecified atom stereocenters. The number of aromatic nitrogens is 2. The molecule has 27 heavy (non-hydrogen) atoms. The van der Waals surface area contributed by atoms with E-state index in [2.05, 4.69) is 43.1 Å². The number of ketones is 1. The molecule has 0 bridgehead atoms. The number of hydrogen-bond donors (Lipinski definition) is 0. The Bertz CT molecular complexity index is 752. The molecule has 1 amide bonds. The van der Waals surface area contributed by atoms with Gasteiger partial charge in [-0.2, -0.15) is 0 Å². The molecule has 1 aliphatic heterocycles. The number of benzene rings is 1. The predicted octanol–water partition coefficient (Wildman–Crippen LogP) is 3.93. The molecule has 3 rings (SSSR count). The van der Waals surface area contributed by atoms with E-state index in [9.17, 15) is 9.59 Å². The van der Waals surface area contributed by atoms with Gasteiger partial charge in [-0.15, -0.1) is 0 Å². The molecule has 2 atom stereocenters. The highest BCUT2D eigenvalue weighted by atomic mass is 16.2. The van der Waals surface area contributed by atoms with Gasteiger partial charge < -0.3 is 9.47 Å². The van der Waals surface area contributed by atoms with Crippen LogP contribution in [0.25, 0.3) is 0 Å². The average Bonchev–Trinajstić information content (AvgIpc) is 3.26. The van der Waals surface area contributed by atoms with Crippen molar-refractivity contribution in [1.29, 1.82) is 0 Å². The fourth-order valence-corrected chi connectivity index (χ4v) is 3.95. The van der Waals surface area contributed by atoms with Gasteiger partial charge in [-0.3, -0.25) is 9.59 Å². The van der Waals surface area contributed by atoms with Crippen LogP contribution in [-0.2, 0) is 16.1 Å². The number of nitrogens with zero attached hydrogens (tertiary/aromatic N) is 3. The summed E-state index contributed by atoms with van der Waals surface area (Å²) in [5.74, 6) is -0.744. The molecular weight excluding hydrogens is 338 g/mol. The van der Waals surface area contributed by atoms with Gasteiger partial charge in [-0.05, 0) is 25.3 Å². The van der Waals surface area contributed by atoms with Crippen molar-refractivity contribution in [1.82, 2.24) is 14.5 Å². The number of hydrogen-bond acceptors (Lipinski definition) is 3. The van der Waals surface area contributed by atoms with Gasteiger partial charge in [0.05, 0.1) is 18.3 Å². The Hall–Kier alpha value is -2.43. The Labute approximate surface area is 161 Å². The zero-order chi connectivity index (χ0) is 19.2. The largest absolute Gasteiger partial charge is 0.337 e. The molecule has 1 aromatic heterocycles. The Balaban J connectivity index is 1.78. The highest BCUT2D eigenvalue weighted by molar-refractivity contribution is 6.39. The molecule has 5 nitrogen and oxygen atoms in total. The second-order valence-electron chi connectivity index (χ2n) is 7.47. The van der Waals surface area contributed by atoms with Crippen LogP contribution >= 0.6 is 0 Å². The Morgan fingerprint density at radius 1 is 1.04 bits per heavy atom. The highest BCUT2D eigenvalue weighted by Crippen LogP contribution is 2.39. The number of unbranched alkanes of at least 4 members (excludes halogenated alkanes) is 2. The summed E-state index contributed by atoms with van der Waals surface area (Å²) in [6, 6.07) is 8.14. The van der Waals surface area contributed by atoms with Crippen LogP contribution in [0, 0.1) is 12.8 Å². The van der Waals surface area contributed by atoms with E-state index in [0.717, 1.165) is 44.2 Å². The van der Waals surface area contributed by atoms with E-state index in [0.29, 0.717) is 6.54 Å². The lowest BCUT2D eigenvalue weighted by Crippen LogP contribution is -2.31. The predicted molar refractivity (Wildman–Crippen MR) is 105 cm³/mol. The van der Waals surface area contributed by atoms with Gasteiger partial charge in [-0.25, -0.2) is 4.98 Å². The first-order chi connectivity index (χ1) is 13.1. The standard InChI is InChI=1S/C22H29N3O2/c1-3-4-5-7-19-20(18-10-8-17(2)9-11-18)25(22(27)21(19)26)14-6-13-24-15-12-23-16-24/h8-12,15-16,19-20H,3-7,13-14H2,1-2H3. The van der Waals surface area contributed by atoms with Crippen molar-refractivity contribution < 1.29 is 9.59 Å². The number of imidazole rings is 1.